The highest BCUT2D eigenvalue weighted by Gasteiger charge is 2.16. The first-order chi connectivity index (χ1) is 7.42. The second kappa shape index (κ2) is 4.94. The number of anilines is 1. The summed E-state index contributed by atoms with van der Waals surface area (Å²) in [5, 5.41) is 2.61. The number of carbonyl (C=O) groups is 1. The van der Waals surface area contributed by atoms with Crippen LogP contribution in [0.5, 0.6) is 0 Å². The standard InChI is InChI=1S/C11H17N3O2/c1-11(2,3)16-10(15)14-8-5-4-6-13-9(8)7-12/h4-6H,7,12H2,1-3H3,(H,14,15). The molecule has 0 aliphatic rings. The molecule has 1 rings (SSSR count). The fourth-order valence-electron chi connectivity index (χ4n) is 1.13. The number of carbonyl (C=O) groups excluding carboxylic acids is 1. The summed E-state index contributed by atoms with van der Waals surface area (Å²) in [5.41, 5.74) is 6.20. The summed E-state index contributed by atoms with van der Waals surface area (Å²) in [6.07, 6.45) is 1.12. The lowest BCUT2D eigenvalue weighted by Crippen LogP contribution is -2.27. The van der Waals surface area contributed by atoms with Crippen LogP contribution in [-0.2, 0) is 11.3 Å². The molecule has 1 aromatic heterocycles. The van der Waals surface area contributed by atoms with E-state index >= 15 is 0 Å². The van der Waals surface area contributed by atoms with Gasteiger partial charge in [0.1, 0.15) is 5.60 Å². The molecule has 0 spiro atoms. The average Bonchev–Trinajstić information content (AvgIpc) is 2.15. The molecule has 0 aliphatic heterocycles. The molecule has 0 radical (unpaired) electrons. The van der Waals surface area contributed by atoms with E-state index in [9.17, 15) is 4.79 Å². The third-order valence-electron chi connectivity index (χ3n) is 1.72. The Hall–Kier alpha value is -1.62. The topological polar surface area (TPSA) is 77.2 Å². The minimum atomic E-state index is -0.519. The Morgan fingerprint density at radius 2 is 2.25 bits per heavy atom. The van der Waals surface area contributed by atoms with E-state index in [0.29, 0.717) is 11.4 Å². The second-order valence-corrected chi connectivity index (χ2v) is 4.33. The molecule has 0 fully saturated rings. The number of nitrogens with two attached hydrogens (primary N) is 1. The molecular weight excluding hydrogens is 206 g/mol. The molecule has 16 heavy (non-hydrogen) atoms. The zero-order valence-corrected chi connectivity index (χ0v) is 9.78. The van der Waals surface area contributed by atoms with E-state index in [1.807, 2.05) is 0 Å². The predicted octanol–water partition coefficient (Wildman–Crippen LogP) is 1.89. The molecular formula is C11H17N3O2. The highest BCUT2D eigenvalue weighted by atomic mass is 16.6. The van der Waals surface area contributed by atoms with E-state index in [-0.39, 0.29) is 6.54 Å². The monoisotopic (exact) mass is 223 g/mol. The maximum atomic E-state index is 11.5. The molecule has 88 valence electrons. The van der Waals surface area contributed by atoms with Crippen LogP contribution in [0.3, 0.4) is 0 Å². The third kappa shape index (κ3) is 3.86. The Morgan fingerprint density at radius 1 is 1.56 bits per heavy atom. The van der Waals surface area contributed by atoms with E-state index < -0.39 is 11.7 Å². The normalized spacial score (nSPS) is 11.0. The summed E-state index contributed by atoms with van der Waals surface area (Å²) in [6.45, 7) is 5.69. The Balaban J connectivity index is 2.70. The van der Waals surface area contributed by atoms with Crippen molar-refractivity contribution >= 4 is 11.8 Å². The molecule has 0 saturated carbocycles. The number of nitrogens with zero attached hydrogens (tertiary/aromatic N) is 1. The number of aromatic nitrogens is 1. The fourth-order valence-corrected chi connectivity index (χ4v) is 1.13. The van der Waals surface area contributed by atoms with E-state index in [0.717, 1.165) is 0 Å². The maximum Gasteiger partial charge on any atom is 0.412 e. The first kappa shape index (κ1) is 12.4. The Morgan fingerprint density at radius 3 is 2.81 bits per heavy atom. The van der Waals surface area contributed by atoms with Gasteiger partial charge in [0.15, 0.2) is 0 Å². The van der Waals surface area contributed by atoms with Gasteiger partial charge in [-0.25, -0.2) is 4.79 Å². The summed E-state index contributed by atoms with van der Waals surface area (Å²) in [6, 6.07) is 3.46. The number of nitrogens with one attached hydrogen (secondary N) is 1. The van der Waals surface area contributed by atoms with Crippen molar-refractivity contribution in [2.75, 3.05) is 5.32 Å². The molecule has 0 atom stereocenters. The molecule has 1 heterocycles. The molecule has 0 unspecified atom stereocenters. The highest BCUT2D eigenvalue weighted by molar-refractivity contribution is 5.85. The van der Waals surface area contributed by atoms with Crippen LogP contribution in [0.25, 0.3) is 0 Å². The summed E-state index contributed by atoms with van der Waals surface area (Å²) < 4.78 is 5.12. The number of hydrogen-bond donors (Lipinski definition) is 2. The first-order valence-electron chi connectivity index (χ1n) is 5.06. The maximum absolute atomic E-state index is 11.5. The lowest BCUT2D eigenvalue weighted by Gasteiger charge is -2.20. The lowest BCUT2D eigenvalue weighted by atomic mass is 10.2. The van der Waals surface area contributed by atoms with E-state index in [4.69, 9.17) is 10.5 Å². The first-order valence-corrected chi connectivity index (χ1v) is 5.06. The van der Waals surface area contributed by atoms with Gasteiger partial charge in [0, 0.05) is 12.7 Å². The summed E-state index contributed by atoms with van der Waals surface area (Å²) in [5.74, 6) is 0. The van der Waals surface area contributed by atoms with Crippen LogP contribution in [0.4, 0.5) is 10.5 Å². The van der Waals surface area contributed by atoms with Crippen LogP contribution in [-0.4, -0.2) is 16.7 Å². The molecule has 0 aliphatic carbocycles. The molecule has 0 aromatic carbocycles. The molecule has 1 aromatic rings. The molecule has 3 N–H and O–H groups in total. The summed E-state index contributed by atoms with van der Waals surface area (Å²) >= 11 is 0. The molecule has 5 nitrogen and oxygen atoms in total. The Kier molecular flexibility index (Phi) is 3.84. The van der Waals surface area contributed by atoms with Crippen molar-refractivity contribution in [3.8, 4) is 0 Å². The van der Waals surface area contributed by atoms with Gasteiger partial charge in [-0.05, 0) is 32.9 Å². The van der Waals surface area contributed by atoms with Gasteiger partial charge in [-0.2, -0.15) is 0 Å². The van der Waals surface area contributed by atoms with Crippen molar-refractivity contribution in [1.82, 2.24) is 4.98 Å². The van der Waals surface area contributed by atoms with Crippen molar-refractivity contribution in [2.24, 2.45) is 5.73 Å². The van der Waals surface area contributed by atoms with Crippen molar-refractivity contribution in [2.45, 2.75) is 32.9 Å². The molecule has 5 heteroatoms. The SMILES string of the molecule is CC(C)(C)OC(=O)Nc1cccnc1CN. The van der Waals surface area contributed by atoms with Gasteiger partial charge in [-0.3, -0.25) is 10.3 Å². The average molecular weight is 223 g/mol. The summed E-state index contributed by atoms with van der Waals surface area (Å²) in [7, 11) is 0. The van der Waals surface area contributed by atoms with Crippen LogP contribution in [0, 0.1) is 0 Å². The smallest absolute Gasteiger partial charge is 0.412 e. The van der Waals surface area contributed by atoms with Crippen molar-refractivity contribution < 1.29 is 9.53 Å². The van der Waals surface area contributed by atoms with E-state index in [1.165, 1.54) is 0 Å². The second-order valence-electron chi connectivity index (χ2n) is 4.33. The van der Waals surface area contributed by atoms with Crippen LogP contribution < -0.4 is 11.1 Å². The van der Waals surface area contributed by atoms with Gasteiger partial charge in [-0.15, -0.1) is 0 Å². The Labute approximate surface area is 95.0 Å². The van der Waals surface area contributed by atoms with Crippen molar-refractivity contribution in [3.05, 3.63) is 24.0 Å². The van der Waals surface area contributed by atoms with Crippen molar-refractivity contribution in [1.29, 1.82) is 0 Å². The van der Waals surface area contributed by atoms with E-state index in [2.05, 4.69) is 10.3 Å². The number of rotatable bonds is 2. The Bertz CT molecular complexity index is 372. The van der Waals surface area contributed by atoms with Crippen molar-refractivity contribution in [3.63, 3.8) is 0 Å². The zero-order chi connectivity index (χ0) is 12.2. The van der Waals surface area contributed by atoms with Gasteiger partial charge in [0.2, 0.25) is 0 Å². The molecule has 0 bridgehead atoms. The lowest BCUT2D eigenvalue weighted by molar-refractivity contribution is 0.0635. The largest absolute Gasteiger partial charge is 0.444 e. The molecule has 1 amide bonds. The van der Waals surface area contributed by atoms with Gasteiger partial charge in [0.05, 0.1) is 11.4 Å². The zero-order valence-electron chi connectivity index (χ0n) is 9.78. The van der Waals surface area contributed by atoms with Gasteiger partial charge in [0.25, 0.3) is 0 Å². The fraction of sp³-hybridized carbons (Fsp3) is 0.455. The van der Waals surface area contributed by atoms with E-state index in [1.54, 1.807) is 39.1 Å². The van der Waals surface area contributed by atoms with Gasteiger partial charge >= 0.3 is 6.09 Å². The number of ether oxygens (including phenoxy) is 1. The number of pyridine rings is 1. The van der Waals surface area contributed by atoms with Gasteiger partial charge in [-0.1, -0.05) is 0 Å². The quantitative estimate of drug-likeness (QED) is 0.802. The van der Waals surface area contributed by atoms with Crippen LogP contribution >= 0.6 is 0 Å². The minimum Gasteiger partial charge on any atom is -0.444 e. The third-order valence-corrected chi connectivity index (χ3v) is 1.72. The van der Waals surface area contributed by atoms with Crippen LogP contribution in [0.2, 0.25) is 0 Å². The minimum absolute atomic E-state index is 0.270. The predicted molar refractivity (Wildman–Crippen MR) is 62.0 cm³/mol. The highest BCUT2D eigenvalue weighted by Crippen LogP contribution is 2.14. The summed E-state index contributed by atoms with van der Waals surface area (Å²) in [4.78, 5) is 15.5. The van der Waals surface area contributed by atoms with Crippen LogP contribution in [0.1, 0.15) is 26.5 Å². The number of amides is 1. The number of hydrogen-bond acceptors (Lipinski definition) is 4. The van der Waals surface area contributed by atoms with Crippen LogP contribution in [0.15, 0.2) is 18.3 Å². The molecule has 0 saturated heterocycles. The van der Waals surface area contributed by atoms with Gasteiger partial charge < -0.3 is 10.5 Å².